The quantitative estimate of drug-likeness (QED) is 0.0418. The van der Waals surface area contributed by atoms with Gasteiger partial charge in [-0.3, -0.25) is 0 Å². The Morgan fingerprint density at radius 1 is 0.692 bits per heavy atom. The van der Waals surface area contributed by atoms with E-state index in [-0.39, 0.29) is 13.7 Å². The maximum atomic E-state index is 6.19. The zero-order chi connectivity index (χ0) is 38.3. The van der Waals surface area contributed by atoms with Crippen LogP contribution in [0.25, 0.3) is 5.57 Å². The van der Waals surface area contributed by atoms with E-state index in [0.29, 0.717) is 6.61 Å². The van der Waals surface area contributed by atoms with E-state index in [2.05, 4.69) is 236 Å². The Morgan fingerprint density at radius 3 is 1.83 bits per heavy atom. The maximum Gasteiger partial charge on any atom is 0.119 e. The highest BCUT2D eigenvalue weighted by Gasteiger charge is 2.37. The van der Waals surface area contributed by atoms with Crippen molar-refractivity contribution in [3.63, 3.8) is 0 Å². The summed E-state index contributed by atoms with van der Waals surface area (Å²) in [4.78, 5) is 0. The van der Waals surface area contributed by atoms with Crippen LogP contribution in [-0.2, 0) is 28.1 Å². The molecule has 0 amide bonds. The molecule has 4 aromatic rings. The van der Waals surface area contributed by atoms with Crippen LogP contribution in [0.15, 0.2) is 110 Å². The summed E-state index contributed by atoms with van der Waals surface area (Å²) >= 11 is 10.3. The first-order chi connectivity index (χ1) is 24.3. The first kappa shape index (κ1) is 43.8. The van der Waals surface area contributed by atoms with Gasteiger partial charge in [0.1, 0.15) is 5.75 Å². The highest BCUT2D eigenvalue weighted by atomic mass is 127. The van der Waals surface area contributed by atoms with Crippen LogP contribution in [0, 0.1) is 6.92 Å². The van der Waals surface area contributed by atoms with Crippen molar-refractivity contribution in [3.05, 3.63) is 154 Å². The summed E-state index contributed by atoms with van der Waals surface area (Å²) in [5.41, 5.74) is 12.7. The minimum Gasteiger partial charge on any atom is -0.494 e. The van der Waals surface area contributed by atoms with Crippen molar-refractivity contribution in [1.82, 2.24) is 0 Å². The summed E-state index contributed by atoms with van der Waals surface area (Å²) < 4.78 is 6.48. The molecule has 4 rings (SSSR count). The lowest BCUT2D eigenvalue weighted by Crippen LogP contribution is -2.32. The third kappa shape index (κ3) is 13.1. The smallest absolute Gasteiger partial charge is 0.119 e. The van der Waals surface area contributed by atoms with Crippen molar-refractivity contribution in [3.8, 4) is 5.75 Å². The molecule has 0 aliphatic heterocycles. The molecule has 0 heterocycles. The molecule has 1 atom stereocenters. The SMILES string of the molecule is C=C(CC)CCCOc1ccc(C[C@](CC(=C)c2ccc(C)c(C(C)(C)I)c2)(c2cccc(CC(C)(C)I)c2)c2cccc(CC(C)(I)I)c2)cc1. The van der Waals surface area contributed by atoms with E-state index in [9.17, 15) is 0 Å². The molecule has 0 bridgehead atoms. The van der Waals surface area contributed by atoms with Crippen LogP contribution < -0.4 is 4.74 Å². The van der Waals surface area contributed by atoms with Gasteiger partial charge in [-0.05, 0) is 141 Å². The normalized spacial score (nSPS) is 13.4. The van der Waals surface area contributed by atoms with Crippen LogP contribution in [0.1, 0.15) is 112 Å². The van der Waals surface area contributed by atoms with Gasteiger partial charge in [0.05, 0.1) is 8.04 Å². The van der Waals surface area contributed by atoms with E-state index in [1.165, 1.54) is 50.1 Å². The summed E-state index contributed by atoms with van der Waals surface area (Å²) in [7, 11) is 0. The molecule has 0 radical (unpaired) electrons. The van der Waals surface area contributed by atoms with Crippen LogP contribution >= 0.6 is 90.4 Å². The lowest BCUT2D eigenvalue weighted by Gasteiger charge is -2.38. The van der Waals surface area contributed by atoms with Gasteiger partial charge in [-0.25, -0.2) is 0 Å². The number of hydrogen-bond acceptors (Lipinski definition) is 1. The van der Waals surface area contributed by atoms with Gasteiger partial charge in [-0.1, -0.05) is 203 Å². The fourth-order valence-electron chi connectivity index (χ4n) is 7.13. The number of halogens is 4. The predicted octanol–water partition coefficient (Wildman–Crippen LogP) is 15.3. The van der Waals surface area contributed by atoms with E-state index in [1.807, 2.05) is 0 Å². The lowest BCUT2D eigenvalue weighted by molar-refractivity contribution is 0.310. The van der Waals surface area contributed by atoms with Gasteiger partial charge in [-0.2, -0.15) is 0 Å². The Labute approximate surface area is 370 Å². The molecule has 0 aliphatic rings. The van der Waals surface area contributed by atoms with Crippen molar-refractivity contribution in [2.45, 2.75) is 107 Å². The van der Waals surface area contributed by atoms with Crippen LogP contribution in [0.5, 0.6) is 5.75 Å². The monoisotopic (exact) mass is 1140 g/mol. The minimum atomic E-state index is -0.362. The maximum absolute atomic E-state index is 6.19. The molecule has 4 aromatic carbocycles. The van der Waals surface area contributed by atoms with Crippen LogP contribution in [0.3, 0.4) is 0 Å². The Morgan fingerprint density at radius 2 is 1.29 bits per heavy atom. The Hall–Kier alpha value is -0.920. The molecule has 0 aromatic heterocycles. The topological polar surface area (TPSA) is 9.23 Å². The standard InChI is InChI=1S/C47H56I4O/c1-10-33(2)14-13-25-52-42-23-20-36(21-24-42)32-47(40-17-11-15-37(26-40)30-44(5,6)48,41-18-12-16-38(27-41)31-46(9,50)51)29-35(4)39-22-19-34(3)43(28-39)45(7,8)49/h11-12,15-24,26-28H,2,4,10,13-14,25,29-32H2,1,3,5-9H3/t47-/m1/s1. The molecule has 0 spiro atoms. The molecule has 0 unspecified atom stereocenters. The summed E-state index contributed by atoms with van der Waals surface area (Å²) in [6.07, 6.45) is 6.66. The van der Waals surface area contributed by atoms with Crippen molar-refractivity contribution >= 4 is 95.9 Å². The Balaban J connectivity index is 1.88. The number of ether oxygens (including phenoxy) is 1. The lowest BCUT2D eigenvalue weighted by atomic mass is 9.65. The van der Waals surface area contributed by atoms with E-state index >= 15 is 0 Å². The third-order valence-electron chi connectivity index (χ3n) is 9.77. The largest absolute Gasteiger partial charge is 0.494 e. The molecular weight excluding hydrogens is 1090 g/mol. The molecule has 1 nitrogen and oxygen atoms in total. The second-order valence-electron chi connectivity index (χ2n) is 15.8. The first-order valence-electron chi connectivity index (χ1n) is 18.4. The number of alkyl halides is 4. The highest BCUT2D eigenvalue weighted by molar-refractivity contribution is 14.2. The molecule has 0 saturated heterocycles. The Bertz CT molecular complexity index is 1760. The molecule has 5 heteroatoms. The van der Waals surface area contributed by atoms with Gasteiger partial charge >= 0.3 is 0 Å². The number of hydrogen-bond donors (Lipinski definition) is 0. The average Bonchev–Trinajstić information content (AvgIpc) is 3.05. The van der Waals surface area contributed by atoms with Gasteiger partial charge in [0.15, 0.2) is 0 Å². The molecule has 0 N–H and O–H groups in total. The number of allylic oxidation sites excluding steroid dienone is 2. The summed E-state index contributed by atoms with van der Waals surface area (Å²) in [5.74, 6) is 0.922. The first-order valence-corrected chi connectivity index (χ1v) is 22.7. The van der Waals surface area contributed by atoms with Crippen molar-refractivity contribution in [2.24, 2.45) is 0 Å². The molecule has 0 aliphatic carbocycles. The van der Waals surface area contributed by atoms with Crippen LogP contribution in [0.2, 0.25) is 0 Å². The molecule has 52 heavy (non-hydrogen) atoms. The highest BCUT2D eigenvalue weighted by Crippen LogP contribution is 2.45. The van der Waals surface area contributed by atoms with Gasteiger partial charge < -0.3 is 4.74 Å². The molecule has 278 valence electrons. The second kappa shape index (κ2) is 18.8. The predicted molar refractivity (Wildman–Crippen MR) is 262 cm³/mol. The number of aryl methyl sites for hydroxylation is 1. The van der Waals surface area contributed by atoms with Crippen LogP contribution in [0.4, 0.5) is 0 Å². The molecule has 0 saturated carbocycles. The van der Waals surface area contributed by atoms with Crippen LogP contribution in [-0.4, -0.2) is 11.5 Å². The summed E-state index contributed by atoms with van der Waals surface area (Å²) in [5, 5.41) is 0. The van der Waals surface area contributed by atoms with Gasteiger partial charge in [-0.15, -0.1) is 0 Å². The van der Waals surface area contributed by atoms with E-state index < -0.39 is 0 Å². The van der Waals surface area contributed by atoms with Gasteiger partial charge in [0.2, 0.25) is 0 Å². The van der Waals surface area contributed by atoms with E-state index in [1.54, 1.807) is 0 Å². The third-order valence-corrected chi connectivity index (χ3v) is 11.5. The number of benzene rings is 4. The minimum absolute atomic E-state index is 0.0173. The van der Waals surface area contributed by atoms with Gasteiger partial charge in [0, 0.05) is 12.3 Å². The summed E-state index contributed by atoms with van der Waals surface area (Å²) in [6, 6.07) is 34.6. The molecular formula is C47H56I4O. The Kier molecular flexibility index (Phi) is 15.8. The average molecular weight is 1140 g/mol. The number of rotatable bonds is 18. The second-order valence-corrected chi connectivity index (χ2v) is 28.2. The fraction of sp³-hybridized carbons (Fsp3) is 0.404. The zero-order valence-corrected chi connectivity index (χ0v) is 40.8. The van der Waals surface area contributed by atoms with Crippen molar-refractivity contribution in [2.75, 3.05) is 6.61 Å². The summed E-state index contributed by atoms with van der Waals surface area (Å²) in [6.45, 7) is 25.6. The van der Waals surface area contributed by atoms with Gasteiger partial charge in [0.25, 0.3) is 0 Å². The fourth-order valence-corrected chi connectivity index (χ4v) is 9.03. The van der Waals surface area contributed by atoms with Crippen molar-refractivity contribution < 1.29 is 4.74 Å². The van der Waals surface area contributed by atoms with E-state index in [0.717, 1.165) is 56.3 Å². The molecule has 0 fully saturated rings. The van der Waals surface area contributed by atoms with E-state index in [4.69, 9.17) is 11.3 Å². The van der Waals surface area contributed by atoms with Crippen molar-refractivity contribution in [1.29, 1.82) is 0 Å². The zero-order valence-electron chi connectivity index (χ0n) is 32.2.